The van der Waals surface area contributed by atoms with Crippen molar-refractivity contribution in [2.24, 2.45) is 0 Å². The Bertz CT molecular complexity index is 1600. The summed E-state index contributed by atoms with van der Waals surface area (Å²) in [4.78, 5) is 8.87. The van der Waals surface area contributed by atoms with Gasteiger partial charge in [-0.2, -0.15) is 18.8 Å². The van der Waals surface area contributed by atoms with Crippen molar-refractivity contribution in [3.8, 4) is 17.3 Å². The fourth-order valence-corrected chi connectivity index (χ4v) is 5.53. The molecule has 7 heteroatoms. The van der Waals surface area contributed by atoms with Crippen molar-refractivity contribution >= 4 is 40.8 Å². The van der Waals surface area contributed by atoms with Crippen LogP contribution in [-0.4, -0.2) is 29.6 Å². The Balaban J connectivity index is 0.00000280. The fraction of sp³-hybridized carbons (Fsp3) is 0.133. The SMILES string of the molecule is CN1C=CN(c2[c-]c(Oc3[c-]c4c(cc3)c3ccccc3n4-c3ccc([Si](C)(C)C)cn3)ccc2)[CH-]1.[Pt]. The molecule has 0 aliphatic carbocycles. The molecule has 2 aromatic heterocycles. The largest absolute Gasteiger partial charge is 0.510 e. The van der Waals surface area contributed by atoms with Crippen molar-refractivity contribution < 1.29 is 25.8 Å². The minimum Gasteiger partial charge on any atom is -0.510 e. The Morgan fingerprint density at radius 1 is 0.838 bits per heavy atom. The number of anilines is 1. The van der Waals surface area contributed by atoms with Crippen LogP contribution in [0.3, 0.4) is 0 Å². The van der Waals surface area contributed by atoms with Crippen LogP contribution in [0.2, 0.25) is 19.6 Å². The Hall–Kier alpha value is -3.34. The van der Waals surface area contributed by atoms with Gasteiger partial charge in [-0.15, -0.1) is 41.4 Å². The molecule has 6 rings (SSSR count). The van der Waals surface area contributed by atoms with E-state index in [0.717, 1.165) is 27.9 Å². The maximum absolute atomic E-state index is 6.25. The van der Waals surface area contributed by atoms with E-state index in [-0.39, 0.29) is 21.1 Å². The van der Waals surface area contributed by atoms with Crippen LogP contribution >= 0.6 is 0 Å². The molecule has 5 aromatic rings. The smallest absolute Gasteiger partial charge is 0.135 e. The quantitative estimate of drug-likeness (QED) is 0.158. The van der Waals surface area contributed by atoms with Crippen LogP contribution in [0.4, 0.5) is 5.69 Å². The van der Waals surface area contributed by atoms with Gasteiger partial charge in [0.05, 0.1) is 8.07 Å². The van der Waals surface area contributed by atoms with Gasteiger partial charge in [0, 0.05) is 44.3 Å². The molecule has 1 aliphatic rings. The molecule has 0 saturated carbocycles. The predicted molar refractivity (Wildman–Crippen MR) is 149 cm³/mol. The summed E-state index contributed by atoms with van der Waals surface area (Å²) in [5.74, 6) is 2.15. The topological polar surface area (TPSA) is 33.5 Å². The third kappa shape index (κ3) is 4.84. The first-order valence-electron chi connectivity index (χ1n) is 12.0. The zero-order chi connectivity index (χ0) is 24.9. The van der Waals surface area contributed by atoms with E-state index >= 15 is 0 Å². The Kier molecular flexibility index (Phi) is 6.73. The van der Waals surface area contributed by atoms with Crippen molar-refractivity contribution in [3.05, 3.63) is 104 Å². The molecule has 37 heavy (non-hydrogen) atoms. The number of hydrogen-bond acceptors (Lipinski definition) is 4. The summed E-state index contributed by atoms with van der Waals surface area (Å²) in [6.45, 7) is 9.00. The third-order valence-electron chi connectivity index (χ3n) is 6.42. The molecule has 0 atom stereocenters. The first kappa shape index (κ1) is 25.3. The minimum absolute atomic E-state index is 0. The van der Waals surface area contributed by atoms with Crippen LogP contribution in [0.5, 0.6) is 11.5 Å². The Morgan fingerprint density at radius 3 is 2.38 bits per heavy atom. The normalized spacial score (nSPS) is 13.4. The average molecular weight is 683 g/mol. The molecule has 1 aliphatic heterocycles. The second kappa shape index (κ2) is 9.84. The molecular weight excluding hydrogens is 656 g/mol. The molecule has 0 amide bonds. The van der Waals surface area contributed by atoms with Gasteiger partial charge >= 0.3 is 0 Å². The van der Waals surface area contributed by atoms with Gasteiger partial charge in [0.2, 0.25) is 0 Å². The number of ether oxygens (including phenoxy) is 1. The van der Waals surface area contributed by atoms with Gasteiger partial charge in [-0.25, -0.2) is 4.98 Å². The number of nitrogens with zero attached hydrogens (tertiary/aromatic N) is 4. The van der Waals surface area contributed by atoms with E-state index in [9.17, 15) is 0 Å². The fourth-order valence-electron chi connectivity index (χ4n) is 4.49. The average Bonchev–Trinajstić information content (AvgIpc) is 3.45. The van der Waals surface area contributed by atoms with Crippen LogP contribution in [0, 0.1) is 18.8 Å². The first-order valence-corrected chi connectivity index (χ1v) is 15.5. The Morgan fingerprint density at radius 2 is 1.65 bits per heavy atom. The maximum Gasteiger partial charge on any atom is 0.135 e. The summed E-state index contributed by atoms with van der Waals surface area (Å²) < 4.78 is 8.42. The van der Waals surface area contributed by atoms with Crippen LogP contribution < -0.4 is 14.8 Å². The number of pyridine rings is 1. The molecule has 0 radical (unpaired) electrons. The number of rotatable bonds is 5. The molecule has 0 bridgehead atoms. The van der Waals surface area contributed by atoms with Crippen molar-refractivity contribution in [1.29, 1.82) is 0 Å². The molecule has 0 unspecified atom stereocenters. The van der Waals surface area contributed by atoms with E-state index in [4.69, 9.17) is 9.72 Å². The van der Waals surface area contributed by atoms with Gasteiger partial charge < -0.3 is 19.1 Å². The third-order valence-corrected chi connectivity index (χ3v) is 8.45. The summed E-state index contributed by atoms with van der Waals surface area (Å²) in [5, 5.41) is 3.62. The van der Waals surface area contributed by atoms with Crippen LogP contribution in [0.1, 0.15) is 0 Å². The van der Waals surface area contributed by atoms with Gasteiger partial charge in [0.15, 0.2) is 0 Å². The van der Waals surface area contributed by atoms with Crippen molar-refractivity contribution in [3.63, 3.8) is 0 Å². The van der Waals surface area contributed by atoms with Gasteiger partial charge in [-0.3, -0.25) is 0 Å². The molecule has 3 heterocycles. The van der Waals surface area contributed by atoms with E-state index in [1.807, 2.05) is 66.4 Å². The van der Waals surface area contributed by atoms with E-state index in [1.165, 1.54) is 10.6 Å². The summed E-state index contributed by atoms with van der Waals surface area (Å²) in [6.07, 6.45) is 6.02. The van der Waals surface area contributed by atoms with Gasteiger partial charge in [0.1, 0.15) is 5.82 Å². The van der Waals surface area contributed by atoms with Gasteiger partial charge in [-0.1, -0.05) is 49.4 Å². The van der Waals surface area contributed by atoms with Gasteiger partial charge in [0.25, 0.3) is 0 Å². The maximum atomic E-state index is 6.25. The molecule has 0 N–H and O–H groups in total. The summed E-state index contributed by atoms with van der Waals surface area (Å²) in [7, 11) is 0.559. The molecule has 0 fully saturated rings. The van der Waals surface area contributed by atoms with Crippen LogP contribution in [0.15, 0.2) is 85.3 Å². The summed E-state index contributed by atoms with van der Waals surface area (Å²) in [5.41, 5.74) is 2.95. The standard InChI is InChI=1S/C30H27N4OSi.Pt/c1-32-16-17-33(21-32)22-8-7-9-23(18-22)35-24-12-14-27-26-10-5-6-11-28(26)34(29(27)19-24)30-15-13-25(20-31-30)36(2,3)4;/h5-17,20-21H,1-4H3;/q-3;. The molecule has 5 nitrogen and oxygen atoms in total. The second-order valence-corrected chi connectivity index (χ2v) is 15.2. The van der Waals surface area contributed by atoms with Crippen molar-refractivity contribution in [2.75, 3.05) is 11.9 Å². The van der Waals surface area contributed by atoms with E-state index in [1.54, 1.807) is 0 Å². The molecule has 0 saturated heterocycles. The van der Waals surface area contributed by atoms with E-state index < -0.39 is 8.07 Å². The van der Waals surface area contributed by atoms with Crippen LogP contribution in [-0.2, 0) is 21.1 Å². The Labute approximate surface area is 233 Å². The predicted octanol–water partition coefficient (Wildman–Crippen LogP) is 6.46. The zero-order valence-electron chi connectivity index (χ0n) is 21.2. The number of hydrogen-bond donors (Lipinski definition) is 0. The summed E-state index contributed by atoms with van der Waals surface area (Å²) in [6, 6.07) is 29.6. The number of benzene rings is 3. The van der Waals surface area contributed by atoms with Gasteiger partial charge in [-0.05, 0) is 42.2 Å². The number of aromatic nitrogens is 2. The first-order chi connectivity index (χ1) is 17.4. The minimum atomic E-state index is -1.43. The number of fused-ring (bicyclic) bond motifs is 3. The summed E-state index contributed by atoms with van der Waals surface area (Å²) >= 11 is 0. The van der Waals surface area contributed by atoms with E-state index in [2.05, 4.69) is 78.8 Å². The molecular formula is C30H27N4OPtSi-3. The monoisotopic (exact) mass is 682 g/mol. The van der Waals surface area contributed by atoms with Crippen molar-refractivity contribution in [1.82, 2.24) is 14.5 Å². The second-order valence-electron chi connectivity index (χ2n) is 10.1. The molecule has 190 valence electrons. The van der Waals surface area contributed by atoms with E-state index in [0.29, 0.717) is 11.5 Å². The molecule has 3 aromatic carbocycles. The van der Waals surface area contributed by atoms with Crippen molar-refractivity contribution in [2.45, 2.75) is 19.6 Å². The molecule has 0 spiro atoms. The zero-order valence-corrected chi connectivity index (χ0v) is 24.4. The van der Waals surface area contributed by atoms with Crippen LogP contribution in [0.25, 0.3) is 27.6 Å². The number of para-hydroxylation sites is 1.